The van der Waals surface area contributed by atoms with Crippen LogP contribution in [-0.2, 0) is 0 Å². The van der Waals surface area contributed by atoms with Crippen molar-refractivity contribution in [1.29, 1.82) is 0 Å². The maximum Gasteiger partial charge on any atom is 0.269 e. The van der Waals surface area contributed by atoms with E-state index < -0.39 is 0 Å². The SMILES string of the molecule is Cc1ccc(C(=O)NNC(=O)c2ccc(-n3cccn3)cc2)c(C)c1. The van der Waals surface area contributed by atoms with Crippen LogP contribution in [0.2, 0.25) is 0 Å². The summed E-state index contributed by atoms with van der Waals surface area (Å²) in [5.74, 6) is -0.732. The molecule has 0 atom stereocenters. The number of aryl methyl sites for hydroxylation is 2. The third-order valence-electron chi connectivity index (χ3n) is 3.81. The first-order valence-corrected chi connectivity index (χ1v) is 7.82. The number of nitrogens with one attached hydrogen (secondary N) is 2. The number of rotatable bonds is 3. The maximum atomic E-state index is 12.2. The van der Waals surface area contributed by atoms with Gasteiger partial charge in [0.25, 0.3) is 11.8 Å². The summed E-state index contributed by atoms with van der Waals surface area (Å²) in [5.41, 5.74) is 8.63. The zero-order valence-electron chi connectivity index (χ0n) is 14.0. The Hall–Kier alpha value is -3.41. The first-order chi connectivity index (χ1) is 12.0. The predicted octanol–water partition coefficient (Wildman–Crippen LogP) is 2.56. The number of amides is 2. The summed E-state index contributed by atoms with van der Waals surface area (Å²) in [6.45, 7) is 3.82. The molecule has 0 unspecified atom stereocenters. The van der Waals surface area contributed by atoms with Gasteiger partial charge in [-0.1, -0.05) is 17.7 Å². The number of hydrazine groups is 1. The average molecular weight is 334 g/mol. The molecule has 0 aliphatic rings. The van der Waals surface area contributed by atoms with Crippen LogP contribution in [0.3, 0.4) is 0 Å². The molecule has 3 aromatic rings. The highest BCUT2D eigenvalue weighted by molar-refractivity contribution is 5.99. The van der Waals surface area contributed by atoms with Crippen LogP contribution < -0.4 is 10.9 Å². The quantitative estimate of drug-likeness (QED) is 0.723. The second-order valence-corrected chi connectivity index (χ2v) is 5.72. The molecule has 3 rings (SSSR count). The fraction of sp³-hybridized carbons (Fsp3) is 0.105. The van der Waals surface area contributed by atoms with E-state index in [1.165, 1.54) is 0 Å². The first kappa shape index (κ1) is 16.4. The zero-order chi connectivity index (χ0) is 17.8. The van der Waals surface area contributed by atoms with Crippen molar-refractivity contribution in [3.8, 4) is 5.69 Å². The Morgan fingerprint density at radius 3 is 2.32 bits per heavy atom. The molecule has 0 saturated carbocycles. The fourth-order valence-electron chi connectivity index (χ4n) is 2.51. The summed E-state index contributed by atoms with van der Waals surface area (Å²) in [6.07, 6.45) is 3.50. The van der Waals surface area contributed by atoms with E-state index >= 15 is 0 Å². The van der Waals surface area contributed by atoms with Gasteiger partial charge < -0.3 is 0 Å². The van der Waals surface area contributed by atoms with Crippen molar-refractivity contribution in [3.05, 3.63) is 83.2 Å². The predicted molar refractivity (Wildman–Crippen MR) is 94.4 cm³/mol. The second-order valence-electron chi connectivity index (χ2n) is 5.72. The molecule has 6 heteroatoms. The Balaban J connectivity index is 1.63. The molecule has 0 aliphatic carbocycles. The van der Waals surface area contributed by atoms with Gasteiger partial charge in [0.05, 0.1) is 5.69 Å². The standard InChI is InChI=1S/C19H18N4O2/c1-13-4-9-17(14(2)12-13)19(25)22-21-18(24)15-5-7-16(8-6-15)23-11-3-10-20-23/h3-12H,1-2H3,(H,21,24)(H,22,25). The summed E-state index contributed by atoms with van der Waals surface area (Å²) < 4.78 is 1.70. The lowest BCUT2D eigenvalue weighted by Gasteiger charge is -2.10. The van der Waals surface area contributed by atoms with Crippen LogP contribution in [0, 0.1) is 13.8 Å². The van der Waals surface area contributed by atoms with Crippen LogP contribution in [-0.4, -0.2) is 21.6 Å². The van der Waals surface area contributed by atoms with E-state index in [-0.39, 0.29) is 11.8 Å². The number of hydrogen-bond acceptors (Lipinski definition) is 3. The van der Waals surface area contributed by atoms with Crippen LogP contribution in [0.1, 0.15) is 31.8 Å². The van der Waals surface area contributed by atoms with Crippen LogP contribution in [0.4, 0.5) is 0 Å². The highest BCUT2D eigenvalue weighted by Crippen LogP contribution is 2.10. The van der Waals surface area contributed by atoms with Gasteiger partial charge in [-0.15, -0.1) is 0 Å². The maximum absolute atomic E-state index is 12.2. The number of carbonyl (C=O) groups is 2. The molecular weight excluding hydrogens is 316 g/mol. The molecule has 0 radical (unpaired) electrons. The lowest BCUT2D eigenvalue weighted by atomic mass is 10.1. The van der Waals surface area contributed by atoms with Gasteiger partial charge in [-0.2, -0.15) is 5.10 Å². The van der Waals surface area contributed by atoms with Gasteiger partial charge >= 0.3 is 0 Å². The van der Waals surface area contributed by atoms with E-state index in [2.05, 4.69) is 16.0 Å². The second kappa shape index (κ2) is 7.00. The lowest BCUT2D eigenvalue weighted by molar-refractivity contribution is 0.0846. The summed E-state index contributed by atoms with van der Waals surface area (Å²) in [7, 11) is 0. The molecule has 0 aliphatic heterocycles. The van der Waals surface area contributed by atoms with Gasteiger partial charge in [-0.3, -0.25) is 20.4 Å². The lowest BCUT2D eigenvalue weighted by Crippen LogP contribution is -2.41. The van der Waals surface area contributed by atoms with Gasteiger partial charge in [-0.25, -0.2) is 4.68 Å². The molecule has 0 saturated heterocycles. The molecular formula is C19H18N4O2. The number of benzene rings is 2. The van der Waals surface area contributed by atoms with Crippen LogP contribution in [0.25, 0.3) is 5.69 Å². The molecule has 2 N–H and O–H groups in total. The molecule has 2 amide bonds. The Bertz CT molecular complexity index is 900. The molecule has 126 valence electrons. The topological polar surface area (TPSA) is 76.0 Å². The van der Waals surface area contributed by atoms with Gasteiger partial charge in [0.1, 0.15) is 0 Å². The fourth-order valence-corrected chi connectivity index (χ4v) is 2.51. The Kier molecular flexibility index (Phi) is 4.61. The number of nitrogens with zero attached hydrogens (tertiary/aromatic N) is 2. The van der Waals surface area contributed by atoms with Crippen LogP contribution in [0.15, 0.2) is 60.9 Å². The van der Waals surface area contributed by atoms with Crippen molar-refractivity contribution in [2.45, 2.75) is 13.8 Å². The van der Waals surface area contributed by atoms with Crippen molar-refractivity contribution in [3.63, 3.8) is 0 Å². The van der Waals surface area contributed by atoms with E-state index in [4.69, 9.17) is 0 Å². The van der Waals surface area contributed by atoms with Crippen molar-refractivity contribution in [2.24, 2.45) is 0 Å². The van der Waals surface area contributed by atoms with Gasteiger partial charge in [0.15, 0.2) is 0 Å². The minimum Gasteiger partial charge on any atom is -0.267 e. The molecule has 0 bridgehead atoms. The molecule has 1 aromatic heterocycles. The van der Waals surface area contributed by atoms with E-state index in [0.717, 1.165) is 16.8 Å². The van der Waals surface area contributed by atoms with E-state index in [1.807, 2.05) is 38.2 Å². The molecule has 6 nitrogen and oxygen atoms in total. The molecule has 0 spiro atoms. The monoisotopic (exact) mass is 334 g/mol. The molecule has 2 aromatic carbocycles. The van der Waals surface area contributed by atoms with E-state index in [0.29, 0.717) is 11.1 Å². The molecule has 1 heterocycles. The van der Waals surface area contributed by atoms with Crippen molar-refractivity contribution in [1.82, 2.24) is 20.6 Å². The Morgan fingerprint density at radius 2 is 1.68 bits per heavy atom. The minimum atomic E-state index is -0.384. The van der Waals surface area contributed by atoms with Crippen molar-refractivity contribution >= 4 is 11.8 Å². The third kappa shape index (κ3) is 3.74. The minimum absolute atomic E-state index is 0.348. The summed E-state index contributed by atoms with van der Waals surface area (Å²) in [6, 6.07) is 14.3. The highest BCUT2D eigenvalue weighted by atomic mass is 16.2. The van der Waals surface area contributed by atoms with Gasteiger partial charge in [-0.05, 0) is 55.8 Å². The van der Waals surface area contributed by atoms with E-state index in [9.17, 15) is 9.59 Å². The Morgan fingerprint density at radius 1 is 0.960 bits per heavy atom. The molecule has 0 fully saturated rings. The normalized spacial score (nSPS) is 10.3. The average Bonchev–Trinajstić information content (AvgIpc) is 3.14. The highest BCUT2D eigenvalue weighted by Gasteiger charge is 2.11. The zero-order valence-corrected chi connectivity index (χ0v) is 14.0. The van der Waals surface area contributed by atoms with E-state index in [1.54, 1.807) is 41.2 Å². The first-order valence-electron chi connectivity index (χ1n) is 7.82. The van der Waals surface area contributed by atoms with Gasteiger partial charge in [0, 0.05) is 23.5 Å². The number of hydrogen-bond donors (Lipinski definition) is 2. The van der Waals surface area contributed by atoms with Crippen molar-refractivity contribution in [2.75, 3.05) is 0 Å². The van der Waals surface area contributed by atoms with Crippen LogP contribution >= 0.6 is 0 Å². The Labute approximate surface area is 145 Å². The summed E-state index contributed by atoms with van der Waals surface area (Å²) >= 11 is 0. The molecule has 25 heavy (non-hydrogen) atoms. The number of aromatic nitrogens is 2. The summed E-state index contributed by atoms with van der Waals surface area (Å²) in [5, 5.41) is 4.13. The van der Waals surface area contributed by atoms with Crippen molar-refractivity contribution < 1.29 is 9.59 Å². The summed E-state index contributed by atoms with van der Waals surface area (Å²) in [4.78, 5) is 24.4. The third-order valence-corrected chi connectivity index (χ3v) is 3.81. The van der Waals surface area contributed by atoms with Gasteiger partial charge in [0.2, 0.25) is 0 Å². The smallest absolute Gasteiger partial charge is 0.267 e. The number of carbonyl (C=O) groups excluding carboxylic acids is 2. The largest absolute Gasteiger partial charge is 0.269 e. The van der Waals surface area contributed by atoms with Crippen LogP contribution in [0.5, 0.6) is 0 Å².